The third-order valence-corrected chi connectivity index (χ3v) is 5.11. The standard InChI is InChI=1S/C19H27N3OS.2ClH/c1-14(2)17(20)9-10-22(3)19(23)12-16-13-24-18(21-16)11-15-7-5-4-6-8-15;;/h4-8,13-14,17H,9-12,20H2,1-3H3;2*1H. The first-order valence-electron chi connectivity index (χ1n) is 8.42. The number of benzene rings is 1. The van der Waals surface area contributed by atoms with Crippen LogP contribution in [-0.4, -0.2) is 35.4 Å². The molecule has 0 spiro atoms. The van der Waals surface area contributed by atoms with Crippen LogP contribution in [0.15, 0.2) is 35.7 Å². The molecule has 0 aliphatic carbocycles. The van der Waals surface area contributed by atoms with Crippen molar-refractivity contribution in [2.45, 2.75) is 39.2 Å². The molecule has 1 unspecified atom stereocenters. The van der Waals surface area contributed by atoms with Gasteiger partial charge in [-0.2, -0.15) is 0 Å². The lowest BCUT2D eigenvalue weighted by atomic mass is 10.0. The average molecular weight is 418 g/mol. The van der Waals surface area contributed by atoms with Crippen molar-refractivity contribution in [2.75, 3.05) is 13.6 Å². The molecule has 0 aliphatic rings. The molecule has 0 radical (unpaired) electrons. The number of nitrogens with two attached hydrogens (primary N) is 1. The van der Waals surface area contributed by atoms with Gasteiger partial charge in [-0.05, 0) is 17.9 Å². The molecule has 0 saturated carbocycles. The van der Waals surface area contributed by atoms with Crippen LogP contribution in [0.5, 0.6) is 0 Å². The number of amides is 1. The predicted octanol–water partition coefficient (Wildman–Crippen LogP) is 3.95. The first kappa shape index (κ1) is 24.9. The summed E-state index contributed by atoms with van der Waals surface area (Å²) in [5.74, 6) is 0.537. The minimum atomic E-state index is 0. The fourth-order valence-electron chi connectivity index (χ4n) is 2.37. The SMILES string of the molecule is CC(C)C(N)CCN(C)C(=O)Cc1csc(Cc2ccccc2)n1.Cl.Cl. The molecule has 0 fully saturated rings. The van der Waals surface area contributed by atoms with Crippen molar-refractivity contribution in [2.24, 2.45) is 11.7 Å². The van der Waals surface area contributed by atoms with Gasteiger partial charge in [0.25, 0.3) is 0 Å². The summed E-state index contributed by atoms with van der Waals surface area (Å²) in [6, 6.07) is 10.4. The van der Waals surface area contributed by atoms with Crippen LogP contribution >= 0.6 is 36.2 Å². The lowest BCUT2D eigenvalue weighted by Gasteiger charge is -2.21. The number of rotatable bonds is 8. The highest BCUT2D eigenvalue weighted by molar-refractivity contribution is 7.09. The summed E-state index contributed by atoms with van der Waals surface area (Å²) in [7, 11) is 1.84. The van der Waals surface area contributed by atoms with E-state index in [9.17, 15) is 4.79 Å². The number of likely N-dealkylation sites (N-methyl/N-ethyl adjacent to an activating group) is 1. The zero-order valence-corrected chi connectivity index (χ0v) is 18.0. The lowest BCUT2D eigenvalue weighted by molar-refractivity contribution is -0.129. The number of hydrogen-bond acceptors (Lipinski definition) is 4. The van der Waals surface area contributed by atoms with Gasteiger partial charge in [0.1, 0.15) is 0 Å². The van der Waals surface area contributed by atoms with Gasteiger partial charge in [-0.3, -0.25) is 4.79 Å². The molecule has 146 valence electrons. The Bertz CT molecular complexity index is 649. The van der Waals surface area contributed by atoms with Gasteiger partial charge in [-0.15, -0.1) is 36.2 Å². The zero-order valence-electron chi connectivity index (χ0n) is 15.6. The van der Waals surface area contributed by atoms with Gasteiger partial charge in [0.15, 0.2) is 0 Å². The minimum Gasteiger partial charge on any atom is -0.345 e. The highest BCUT2D eigenvalue weighted by atomic mass is 35.5. The number of aromatic nitrogens is 1. The van der Waals surface area contributed by atoms with Crippen LogP contribution in [0.25, 0.3) is 0 Å². The number of halogens is 2. The van der Waals surface area contributed by atoms with Gasteiger partial charge < -0.3 is 10.6 Å². The number of carbonyl (C=O) groups is 1. The largest absolute Gasteiger partial charge is 0.345 e. The first-order chi connectivity index (χ1) is 11.5. The second-order valence-electron chi connectivity index (χ2n) is 6.58. The van der Waals surface area contributed by atoms with E-state index < -0.39 is 0 Å². The molecular weight excluding hydrogens is 389 g/mol. The fourth-order valence-corrected chi connectivity index (χ4v) is 3.20. The molecule has 7 heteroatoms. The third kappa shape index (κ3) is 8.04. The smallest absolute Gasteiger partial charge is 0.228 e. The maximum absolute atomic E-state index is 12.3. The minimum absolute atomic E-state index is 0. The van der Waals surface area contributed by atoms with Crippen LogP contribution < -0.4 is 5.73 Å². The molecule has 1 aromatic carbocycles. The van der Waals surface area contributed by atoms with Crippen LogP contribution in [0.2, 0.25) is 0 Å². The normalized spacial score (nSPS) is 11.4. The van der Waals surface area contributed by atoms with Crippen LogP contribution in [0.1, 0.15) is 36.5 Å². The Morgan fingerprint density at radius 3 is 2.50 bits per heavy atom. The number of carbonyl (C=O) groups excluding carboxylic acids is 1. The number of nitrogens with zero attached hydrogens (tertiary/aromatic N) is 2. The third-order valence-electron chi connectivity index (χ3n) is 4.21. The molecule has 26 heavy (non-hydrogen) atoms. The summed E-state index contributed by atoms with van der Waals surface area (Å²) in [6.45, 7) is 4.91. The Hall–Kier alpha value is -1.14. The molecule has 2 aromatic rings. The molecule has 4 nitrogen and oxygen atoms in total. The summed E-state index contributed by atoms with van der Waals surface area (Å²) in [5.41, 5.74) is 8.14. The van der Waals surface area contributed by atoms with Gasteiger partial charge in [-0.25, -0.2) is 4.98 Å². The highest BCUT2D eigenvalue weighted by Gasteiger charge is 2.14. The number of thiazole rings is 1. The lowest BCUT2D eigenvalue weighted by Crippen LogP contribution is -2.35. The number of hydrogen-bond donors (Lipinski definition) is 1. The second kappa shape index (κ2) is 12.3. The van der Waals surface area contributed by atoms with E-state index in [4.69, 9.17) is 5.73 Å². The van der Waals surface area contributed by atoms with Gasteiger partial charge in [0.05, 0.1) is 17.1 Å². The monoisotopic (exact) mass is 417 g/mol. The molecule has 1 atom stereocenters. The Balaban J connectivity index is 0.00000312. The topological polar surface area (TPSA) is 59.2 Å². The Kier molecular flexibility index (Phi) is 11.7. The van der Waals surface area contributed by atoms with Crippen molar-refractivity contribution in [3.05, 3.63) is 52.0 Å². The summed E-state index contributed by atoms with van der Waals surface area (Å²) >= 11 is 1.62. The maximum atomic E-state index is 12.3. The van der Waals surface area contributed by atoms with E-state index in [1.165, 1.54) is 5.56 Å². The van der Waals surface area contributed by atoms with Gasteiger partial charge in [0.2, 0.25) is 5.91 Å². The molecule has 0 saturated heterocycles. The molecule has 2 N–H and O–H groups in total. The molecular formula is C19H29Cl2N3OS. The quantitative estimate of drug-likeness (QED) is 0.706. The van der Waals surface area contributed by atoms with E-state index >= 15 is 0 Å². The highest BCUT2D eigenvalue weighted by Crippen LogP contribution is 2.15. The van der Waals surface area contributed by atoms with Crippen LogP contribution in [0.3, 0.4) is 0 Å². The van der Waals surface area contributed by atoms with E-state index in [0.717, 1.165) is 23.5 Å². The molecule has 1 aromatic heterocycles. The van der Waals surface area contributed by atoms with E-state index in [-0.39, 0.29) is 36.8 Å². The molecule has 1 amide bonds. The molecule has 1 heterocycles. The predicted molar refractivity (Wildman–Crippen MR) is 115 cm³/mol. The van der Waals surface area contributed by atoms with Crippen molar-refractivity contribution in [1.82, 2.24) is 9.88 Å². The summed E-state index contributed by atoms with van der Waals surface area (Å²) in [5, 5.41) is 3.04. The molecule has 0 bridgehead atoms. The van der Waals surface area contributed by atoms with Gasteiger partial charge in [-0.1, -0.05) is 44.2 Å². The summed E-state index contributed by atoms with van der Waals surface area (Å²) in [4.78, 5) is 18.7. The average Bonchev–Trinajstić information content (AvgIpc) is 2.99. The van der Waals surface area contributed by atoms with E-state index in [0.29, 0.717) is 18.9 Å². The van der Waals surface area contributed by atoms with Crippen LogP contribution in [0, 0.1) is 5.92 Å². The first-order valence-corrected chi connectivity index (χ1v) is 9.30. The fraction of sp³-hybridized carbons (Fsp3) is 0.474. The summed E-state index contributed by atoms with van der Waals surface area (Å²) in [6.07, 6.45) is 2.01. The second-order valence-corrected chi connectivity index (χ2v) is 7.53. The van der Waals surface area contributed by atoms with Crippen molar-refractivity contribution in [1.29, 1.82) is 0 Å². The van der Waals surface area contributed by atoms with Crippen molar-refractivity contribution < 1.29 is 4.79 Å². The van der Waals surface area contributed by atoms with Gasteiger partial charge in [0, 0.05) is 31.4 Å². The zero-order chi connectivity index (χ0) is 17.5. The summed E-state index contributed by atoms with van der Waals surface area (Å²) < 4.78 is 0. The molecule has 2 rings (SSSR count). The van der Waals surface area contributed by atoms with Gasteiger partial charge >= 0.3 is 0 Å². The van der Waals surface area contributed by atoms with Crippen molar-refractivity contribution in [3.63, 3.8) is 0 Å². The molecule has 0 aliphatic heterocycles. The van der Waals surface area contributed by atoms with Crippen molar-refractivity contribution in [3.8, 4) is 0 Å². The Labute approximate surface area is 173 Å². The van der Waals surface area contributed by atoms with Crippen LogP contribution in [0.4, 0.5) is 0 Å². The Morgan fingerprint density at radius 1 is 1.23 bits per heavy atom. The van der Waals surface area contributed by atoms with E-state index in [1.54, 1.807) is 16.2 Å². The van der Waals surface area contributed by atoms with E-state index in [1.807, 2.05) is 30.6 Å². The maximum Gasteiger partial charge on any atom is 0.228 e. The van der Waals surface area contributed by atoms with Crippen LogP contribution in [-0.2, 0) is 17.6 Å². The van der Waals surface area contributed by atoms with E-state index in [2.05, 4.69) is 31.0 Å². The van der Waals surface area contributed by atoms with Crippen molar-refractivity contribution >= 4 is 42.1 Å². The Morgan fingerprint density at radius 2 is 1.88 bits per heavy atom.